The van der Waals surface area contributed by atoms with Crippen LogP contribution in [0.4, 0.5) is 0 Å². The van der Waals surface area contributed by atoms with Gasteiger partial charge in [0.1, 0.15) is 0 Å². The lowest BCUT2D eigenvalue weighted by Crippen LogP contribution is -2.41. The quantitative estimate of drug-likeness (QED) is 0.624. The Bertz CT molecular complexity index is 287. The van der Waals surface area contributed by atoms with Gasteiger partial charge in [0.25, 0.3) is 0 Å². The summed E-state index contributed by atoms with van der Waals surface area (Å²) in [6, 6.07) is 0. The summed E-state index contributed by atoms with van der Waals surface area (Å²) in [5.74, 6) is 0.355. The zero-order valence-electron chi connectivity index (χ0n) is 13.1. The second kappa shape index (κ2) is 8.60. The average Bonchev–Trinajstić information content (AvgIpc) is 2.36. The molecule has 0 bridgehead atoms. The molecule has 0 aromatic heterocycles. The van der Waals surface area contributed by atoms with Crippen molar-refractivity contribution in [1.29, 1.82) is 0 Å². The van der Waals surface area contributed by atoms with Crippen molar-refractivity contribution in [2.24, 2.45) is 5.92 Å². The Kier molecular flexibility index (Phi) is 7.48. The lowest BCUT2D eigenvalue weighted by Gasteiger charge is -2.26. The zero-order chi connectivity index (χ0) is 15.0. The maximum absolute atomic E-state index is 11.7. The van der Waals surface area contributed by atoms with Crippen molar-refractivity contribution in [2.45, 2.75) is 58.2 Å². The molecule has 1 amide bonds. The van der Waals surface area contributed by atoms with E-state index in [2.05, 4.69) is 24.5 Å². The van der Waals surface area contributed by atoms with Crippen molar-refractivity contribution < 1.29 is 14.6 Å². The van der Waals surface area contributed by atoms with E-state index in [-0.39, 0.29) is 12.0 Å². The lowest BCUT2D eigenvalue weighted by molar-refractivity contribution is -0.124. The molecule has 0 spiro atoms. The predicted octanol–water partition coefficient (Wildman–Crippen LogP) is 1.06. The van der Waals surface area contributed by atoms with Gasteiger partial charge in [-0.3, -0.25) is 4.79 Å². The fraction of sp³-hybridized carbons (Fsp3) is 0.933. The van der Waals surface area contributed by atoms with Crippen LogP contribution in [0.15, 0.2) is 0 Å². The molecule has 1 unspecified atom stereocenters. The van der Waals surface area contributed by atoms with Crippen LogP contribution >= 0.6 is 0 Å². The van der Waals surface area contributed by atoms with Gasteiger partial charge in [0.2, 0.25) is 5.91 Å². The number of amides is 1. The lowest BCUT2D eigenvalue weighted by atomic mass is 9.94. The van der Waals surface area contributed by atoms with Crippen molar-refractivity contribution in [3.63, 3.8) is 0 Å². The van der Waals surface area contributed by atoms with Crippen molar-refractivity contribution >= 4 is 5.91 Å². The normalized spacial score (nSPS) is 19.9. The van der Waals surface area contributed by atoms with Crippen LogP contribution in [0.2, 0.25) is 0 Å². The summed E-state index contributed by atoms with van der Waals surface area (Å²) < 4.78 is 5.69. The SMILES string of the molecule is CC(C)CC(C)(O)CNC(=O)CCOC1CCNCC1. The molecule has 1 aliphatic rings. The van der Waals surface area contributed by atoms with Gasteiger partial charge in [-0.15, -0.1) is 0 Å². The number of aliphatic hydroxyl groups is 1. The van der Waals surface area contributed by atoms with E-state index in [1.54, 1.807) is 6.92 Å². The van der Waals surface area contributed by atoms with E-state index in [1.807, 2.05) is 0 Å². The maximum atomic E-state index is 11.7. The van der Waals surface area contributed by atoms with Crippen LogP contribution < -0.4 is 10.6 Å². The predicted molar refractivity (Wildman–Crippen MR) is 79.5 cm³/mol. The second-order valence-electron chi connectivity index (χ2n) is 6.44. The summed E-state index contributed by atoms with van der Waals surface area (Å²) >= 11 is 0. The first-order chi connectivity index (χ1) is 9.39. The Morgan fingerprint density at radius 3 is 2.70 bits per heavy atom. The third kappa shape index (κ3) is 7.82. The van der Waals surface area contributed by atoms with E-state index in [0.717, 1.165) is 25.9 Å². The van der Waals surface area contributed by atoms with Crippen LogP contribution in [-0.2, 0) is 9.53 Å². The molecule has 0 saturated carbocycles. The molecule has 20 heavy (non-hydrogen) atoms. The van der Waals surface area contributed by atoms with Crippen LogP contribution in [0.1, 0.15) is 46.5 Å². The standard InChI is InChI=1S/C15H30N2O3/c1-12(2)10-15(3,19)11-17-14(18)6-9-20-13-4-7-16-8-5-13/h12-13,16,19H,4-11H2,1-3H3,(H,17,18). The first-order valence-electron chi connectivity index (χ1n) is 7.70. The van der Waals surface area contributed by atoms with E-state index in [1.165, 1.54) is 0 Å². The second-order valence-corrected chi connectivity index (χ2v) is 6.44. The van der Waals surface area contributed by atoms with Gasteiger partial charge in [0.05, 0.1) is 18.3 Å². The molecular formula is C15H30N2O3. The molecule has 5 nitrogen and oxygen atoms in total. The van der Waals surface area contributed by atoms with E-state index in [0.29, 0.717) is 31.9 Å². The number of carbonyl (C=O) groups is 1. The summed E-state index contributed by atoms with van der Waals surface area (Å²) in [5.41, 5.74) is -0.834. The molecule has 0 aromatic rings. The molecule has 1 fully saturated rings. The molecule has 1 aliphatic heterocycles. The number of hydrogen-bond acceptors (Lipinski definition) is 4. The number of ether oxygens (including phenoxy) is 1. The molecule has 3 N–H and O–H groups in total. The van der Waals surface area contributed by atoms with Crippen molar-refractivity contribution in [3.8, 4) is 0 Å². The minimum Gasteiger partial charge on any atom is -0.388 e. The molecule has 0 aliphatic carbocycles. The van der Waals surface area contributed by atoms with Crippen LogP contribution in [0, 0.1) is 5.92 Å². The number of piperidine rings is 1. The maximum Gasteiger partial charge on any atom is 0.222 e. The van der Waals surface area contributed by atoms with E-state index >= 15 is 0 Å². The Morgan fingerprint density at radius 1 is 1.45 bits per heavy atom. The molecule has 118 valence electrons. The molecule has 1 heterocycles. The van der Waals surface area contributed by atoms with E-state index in [9.17, 15) is 9.90 Å². The Morgan fingerprint density at radius 2 is 2.10 bits per heavy atom. The van der Waals surface area contributed by atoms with E-state index < -0.39 is 5.60 Å². The van der Waals surface area contributed by atoms with Gasteiger partial charge in [-0.05, 0) is 45.2 Å². The molecule has 1 atom stereocenters. The molecule has 1 saturated heterocycles. The highest BCUT2D eigenvalue weighted by atomic mass is 16.5. The van der Waals surface area contributed by atoms with Crippen LogP contribution in [0.3, 0.4) is 0 Å². The van der Waals surface area contributed by atoms with Crippen molar-refractivity contribution in [3.05, 3.63) is 0 Å². The summed E-state index contributed by atoms with van der Waals surface area (Å²) in [6.07, 6.45) is 3.36. The van der Waals surface area contributed by atoms with Gasteiger partial charge >= 0.3 is 0 Å². The number of rotatable bonds is 8. The summed E-state index contributed by atoms with van der Waals surface area (Å²) in [7, 11) is 0. The van der Waals surface area contributed by atoms with Gasteiger partial charge in [0, 0.05) is 13.0 Å². The number of hydrogen-bond donors (Lipinski definition) is 3. The average molecular weight is 286 g/mol. The summed E-state index contributed by atoms with van der Waals surface area (Å²) in [6.45, 7) is 8.63. The Balaban J connectivity index is 2.10. The van der Waals surface area contributed by atoms with Gasteiger partial charge in [-0.2, -0.15) is 0 Å². The molecule has 1 rings (SSSR count). The highest BCUT2D eigenvalue weighted by molar-refractivity contribution is 5.76. The Hall–Kier alpha value is -0.650. The van der Waals surface area contributed by atoms with Crippen molar-refractivity contribution in [2.75, 3.05) is 26.2 Å². The first-order valence-corrected chi connectivity index (χ1v) is 7.70. The number of nitrogens with one attached hydrogen (secondary N) is 2. The topological polar surface area (TPSA) is 70.6 Å². The minimum atomic E-state index is -0.834. The smallest absolute Gasteiger partial charge is 0.222 e. The molecule has 0 aromatic carbocycles. The van der Waals surface area contributed by atoms with Crippen LogP contribution in [0.5, 0.6) is 0 Å². The van der Waals surface area contributed by atoms with Gasteiger partial charge in [-0.25, -0.2) is 0 Å². The van der Waals surface area contributed by atoms with Crippen molar-refractivity contribution in [1.82, 2.24) is 10.6 Å². The fourth-order valence-corrected chi connectivity index (χ4v) is 2.61. The molecule has 0 radical (unpaired) electrons. The Labute approximate surface area is 122 Å². The third-order valence-corrected chi connectivity index (χ3v) is 3.48. The van der Waals surface area contributed by atoms with Gasteiger partial charge in [-0.1, -0.05) is 13.8 Å². The van der Waals surface area contributed by atoms with Gasteiger partial charge in [0.15, 0.2) is 0 Å². The summed E-state index contributed by atoms with van der Waals surface area (Å²) in [4.78, 5) is 11.7. The monoisotopic (exact) mass is 286 g/mol. The van der Waals surface area contributed by atoms with E-state index in [4.69, 9.17) is 4.74 Å². The first kappa shape index (κ1) is 17.4. The fourth-order valence-electron chi connectivity index (χ4n) is 2.61. The number of carbonyl (C=O) groups excluding carboxylic acids is 1. The highest BCUT2D eigenvalue weighted by Gasteiger charge is 2.22. The van der Waals surface area contributed by atoms with Crippen LogP contribution in [0.25, 0.3) is 0 Å². The highest BCUT2D eigenvalue weighted by Crippen LogP contribution is 2.15. The zero-order valence-corrected chi connectivity index (χ0v) is 13.1. The molecular weight excluding hydrogens is 256 g/mol. The minimum absolute atomic E-state index is 0.0528. The summed E-state index contributed by atoms with van der Waals surface area (Å²) in [5, 5.41) is 16.2. The third-order valence-electron chi connectivity index (χ3n) is 3.48. The van der Waals surface area contributed by atoms with Gasteiger partial charge < -0.3 is 20.5 Å². The molecule has 5 heteroatoms. The largest absolute Gasteiger partial charge is 0.388 e. The van der Waals surface area contributed by atoms with Crippen LogP contribution in [-0.4, -0.2) is 49.0 Å².